The molecule has 10 heteroatoms. The van der Waals surface area contributed by atoms with Gasteiger partial charge in [-0.25, -0.2) is 4.98 Å². The lowest BCUT2D eigenvalue weighted by atomic mass is 10.2. The number of non-ortho nitro benzene ring substituents is 1. The maximum atomic E-state index is 12.0. The van der Waals surface area contributed by atoms with Crippen molar-refractivity contribution in [1.82, 2.24) is 20.4 Å². The van der Waals surface area contributed by atoms with Crippen LogP contribution >= 0.6 is 11.8 Å². The molecule has 2 N–H and O–H groups in total. The third-order valence-electron chi connectivity index (χ3n) is 3.98. The summed E-state index contributed by atoms with van der Waals surface area (Å²) in [7, 11) is 1.86. The number of benzene rings is 2. The number of thioether (sulfide) groups is 1. The van der Waals surface area contributed by atoms with E-state index >= 15 is 0 Å². The Morgan fingerprint density at radius 3 is 2.62 bits per heavy atom. The molecule has 3 rings (SSSR count). The lowest BCUT2D eigenvalue weighted by molar-refractivity contribution is -0.384. The Kier molecular flexibility index (Phi) is 6.25. The molecular weight excluding hydrogens is 394 g/mol. The van der Waals surface area contributed by atoms with Crippen LogP contribution in [0.25, 0.3) is 11.3 Å². The molecule has 0 radical (unpaired) electrons. The number of rotatable bonds is 6. The molecule has 1 aromatic heterocycles. The molecule has 148 valence electrons. The topological polar surface area (TPSA) is 119 Å². The van der Waals surface area contributed by atoms with Crippen molar-refractivity contribution < 1.29 is 14.5 Å². The van der Waals surface area contributed by atoms with Gasteiger partial charge in [0.1, 0.15) is 0 Å². The van der Waals surface area contributed by atoms with E-state index in [1.807, 2.05) is 41.9 Å². The van der Waals surface area contributed by atoms with Gasteiger partial charge in [0.2, 0.25) is 5.91 Å². The summed E-state index contributed by atoms with van der Waals surface area (Å²) in [6, 6.07) is 15.0. The molecule has 2 amide bonds. The number of amides is 2. The highest BCUT2D eigenvalue weighted by atomic mass is 32.2. The van der Waals surface area contributed by atoms with Crippen LogP contribution in [0.2, 0.25) is 0 Å². The summed E-state index contributed by atoms with van der Waals surface area (Å²) in [5, 5.41) is 11.4. The highest BCUT2D eigenvalue weighted by Crippen LogP contribution is 2.24. The van der Waals surface area contributed by atoms with E-state index in [0.717, 1.165) is 17.3 Å². The number of imidazole rings is 1. The Morgan fingerprint density at radius 2 is 1.90 bits per heavy atom. The molecule has 0 saturated carbocycles. The van der Waals surface area contributed by atoms with Crippen LogP contribution < -0.4 is 10.9 Å². The highest BCUT2D eigenvalue weighted by molar-refractivity contribution is 7.99. The lowest BCUT2D eigenvalue weighted by Crippen LogP contribution is -2.42. The molecule has 0 bridgehead atoms. The molecule has 29 heavy (non-hydrogen) atoms. The summed E-state index contributed by atoms with van der Waals surface area (Å²) < 4.78 is 1.88. The number of carbonyl (C=O) groups excluding carboxylic acids is 2. The Labute approximate surface area is 170 Å². The molecule has 3 aromatic rings. The number of hydrogen-bond donors (Lipinski definition) is 2. The van der Waals surface area contributed by atoms with Crippen molar-refractivity contribution in [3.63, 3.8) is 0 Å². The summed E-state index contributed by atoms with van der Waals surface area (Å²) in [5.41, 5.74) is 6.34. The molecule has 0 aliphatic heterocycles. The first kappa shape index (κ1) is 20.1. The van der Waals surface area contributed by atoms with Crippen molar-refractivity contribution in [3.05, 3.63) is 76.5 Å². The smallest absolute Gasteiger partial charge is 0.270 e. The van der Waals surface area contributed by atoms with Crippen molar-refractivity contribution in [2.45, 2.75) is 5.16 Å². The van der Waals surface area contributed by atoms with Crippen molar-refractivity contribution >= 4 is 29.3 Å². The fourth-order valence-electron chi connectivity index (χ4n) is 2.53. The number of nitrogens with one attached hydrogen (secondary N) is 2. The second kappa shape index (κ2) is 9.02. The quantitative estimate of drug-likeness (QED) is 0.365. The van der Waals surface area contributed by atoms with Crippen LogP contribution in [0.15, 0.2) is 66.0 Å². The third-order valence-corrected chi connectivity index (χ3v) is 5.03. The van der Waals surface area contributed by atoms with Gasteiger partial charge in [-0.15, -0.1) is 0 Å². The van der Waals surface area contributed by atoms with Crippen molar-refractivity contribution in [3.8, 4) is 11.3 Å². The summed E-state index contributed by atoms with van der Waals surface area (Å²) in [6.45, 7) is 0. The molecule has 0 saturated heterocycles. The van der Waals surface area contributed by atoms with Crippen LogP contribution in [-0.2, 0) is 11.8 Å². The maximum Gasteiger partial charge on any atom is 0.270 e. The standard InChI is InChI=1S/C19H17N5O4S/c1-23-16(13-6-3-2-4-7-13)11-20-19(23)29-12-17(25)21-22-18(26)14-8-5-9-15(10-14)24(27)28/h2-11H,12H2,1H3,(H,21,25)(H,22,26). The molecule has 2 aromatic carbocycles. The molecule has 1 heterocycles. The second-order valence-electron chi connectivity index (χ2n) is 5.95. The van der Waals surface area contributed by atoms with Crippen LogP contribution in [0.3, 0.4) is 0 Å². The summed E-state index contributed by atoms with van der Waals surface area (Å²) in [5.74, 6) is -1.04. The van der Waals surface area contributed by atoms with E-state index in [2.05, 4.69) is 15.8 Å². The largest absolute Gasteiger partial charge is 0.322 e. The highest BCUT2D eigenvalue weighted by Gasteiger charge is 2.14. The number of hydrogen-bond acceptors (Lipinski definition) is 6. The number of nitro benzene ring substituents is 1. The van der Waals surface area contributed by atoms with Crippen LogP contribution in [0.4, 0.5) is 5.69 Å². The average molecular weight is 411 g/mol. The van der Waals surface area contributed by atoms with Crippen molar-refractivity contribution in [1.29, 1.82) is 0 Å². The summed E-state index contributed by atoms with van der Waals surface area (Å²) in [6.07, 6.45) is 1.74. The number of hydrazine groups is 1. The summed E-state index contributed by atoms with van der Waals surface area (Å²) >= 11 is 1.22. The van der Waals surface area contributed by atoms with Gasteiger partial charge in [-0.2, -0.15) is 0 Å². The van der Waals surface area contributed by atoms with Gasteiger partial charge in [-0.05, 0) is 11.6 Å². The minimum absolute atomic E-state index is 0.0360. The Balaban J connectivity index is 1.53. The third kappa shape index (κ3) is 4.99. The fourth-order valence-corrected chi connectivity index (χ4v) is 3.28. The van der Waals surface area contributed by atoms with Gasteiger partial charge in [0.15, 0.2) is 5.16 Å². The zero-order chi connectivity index (χ0) is 20.8. The predicted molar refractivity (Wildman–Crippen MR) is 108 cm³/mol. The molecule has 0 spiro atoms. The van der Waals surface area contributed by atoms with Crippen LogP contribution in [0.5, 0.6) is 0 Å². The first-order valence-electron chi connectivity index (χ1n) is 8.49. The zero-order valence-electron chi connectivity index (χ0n) is 15.4. The number of nitro groups is 1. The first-order chi connectivity index (χ1) is 14.0. The fraction of sp³-hybridized carbons (Fsp3) is 0.105. The van der Waals surface area contributed by atoms with Crippen LogP contribution in [-0.4, -0.2) is 32.0 Å². The minimum Gasteiger partial charge on any atom is -0.322 e. The molecule has 9 nitrogen and oxygen atoms in total. The average Bonchev–Trinajstić information content (AvgIpc) is 3.11. The normalized spacial score (nSPS) is 10.4. The van der Waals surface area contributed by atoms with Gasteiger partial charge in [0.05, 0.1) is 22.6 Å². The van der Waals surface area contributed by atoms with Gasteiger partial charge in [0, 0.05) is 24.7 Å². The molecule has 0 unspecified atom stereocenters. The number of aromatic nitrogens is 2. The van der Waals surface area contributed by atoms with E-state index in [-0.39, 0.29) is 17.0 Å². The van der Waals surface area contributed by atoms with Crippen LogP contribution in [0, 0.1) is 10.1 Å². The van der Waals surface area contributed by atoms with E-state index in [1.54, 1.807) is 6.20 Å². The predicted octanol–water partition coefficient (Wildman–Crippen LogP) is 2.55. The molecule has 0 aliphatic rings. The second-order valence-corrected chi connectivity index (χ2v) is 6.89. The van der Waals surface area contributed by atoms with Gasteiger partial charge < -0.3 is 4.57 Å². The molecule has 0 aliphatic carbocycles. The first-order valence-corrected chi connectivity index (χ1v) is 9.48. The van der Waals surface area contributed by atoms with Gasteiger partial charge in [-0.3, -0.25) is 30.6 Å². The van der Waals surface area contributed by atoms with E-state index in [0.29, 0.717) is 5.16 Å². The Bertz CT molecular complexity index is 1050. The van der Waals surface area contributed by atoms with E-state index < -0.39 is 16.7 Å². The van der Waals surface area contributed by atoms with Gasteiger partial charge >= 0.3 is 0 Å². The van der Waals surface area contributed by atoms with Crippen molar-refractivity contribution in [2.75, 3.05) is 5.75 Å². The van der Waals surface area contributed by atoms with Crippen LogP contribution in [0.1, 0.15) is 10.4 Å². The van der Waals surface area contributed by atoms with Gasteiger partial charge in [-0.1, -0.05) is 48.2 Å². The van der Waals surface area contributed by atoms with E-state index in [4.69, 9.17) is 0 Å². The van der Waals surface area contributed by atoms with Gasteiger partial charge in [0.25, 0.3) is 11.6 Å². The SMILES string of the molecule is Cn1c(-c2ccccc2)cnc1SCC(=O)NNC(=O)c1cccc([N+](=O)[O-])c1. The number of nitrogens with zero attached hydrogens (tertiary/aromatic N) is 3. The van der Waals surface area contributed by atoms with Crippen molar-refractivity contribution in [2.24, 2.45) is 7.05 Å². The minimum atomic E-state index is -0.643. The lowest BCUT2D eigenvalue weighted by Gasteiger charge is -2.08. The Hall–Kier alpha value is -3.66. The molecule has 0 atom stereocenters. The monoisotopic (exact) mass is 411 g/mol. The van der Waals surface area contributed by atoms with E-state index in [1.165, 1.54) is 30.0 Å². The number of carbonyl (C=O) groups is 2. The molecule has 0 fully saturated rings. The molecular formula is C19H17N5O4S. The maximum absolute atomic E-state index is 12.0. The Morgan fingerprint density at radius 1 is 1.14 bits per heavy atom. The van der Waals surface area contributed by atoms with E-state index in [9.17, 15) is 19.7 Å². The summed E-state index contributed by atoms with van der Waals surface area (Å²) in [4.78, 5) is 38.6. The zero-order valence-corrected chi connectivity index (χ0v) is 16.2.